The predicted molar refractivity (Wildman–Crippen MR) is 67.1 cm³/mol. The van der Waals surface area contributed by atoms with Gasteiger partial charge in [0.2, 0.25) is 0 Å². The van der Waals surface area contributed by atoms with Crippen molar-refractivity contribution in [1.29, 1.82) is 0 Å². The largest absolute Gasteiger partial charge is 0.301 e. The van der Waals surface area contributed by atoms with Crippen LogP contribution in [0.2, 0.25) is 0 Å². The molecule has 0 rings (SSSR count). The van der Waals surface area contributed by atoms with Crippen molar-refractivity contribution in [3.05, 3.63) is 0 Å². The summed E-state index contributed by atoms with van der Waals surface area (Å²) < 4.78 is 0. The molecule has 0 aromatic rings. The van der Waals surface area contributed by atoms with Crippen molar-refractivity contribution in [2.75, 3.05) is 42.6 Å². The highest BCUT2D eigenvalue weighted by atomic mass is 32.2. The minimum absolute atomic E-state index is 0.949. The minimum atomic E-state index is 0.949. The standard InChI is InChI=1S/C8H19NS3/c1-2-12-8-5-9(3-6-10)4-7-11/h10-11H,2-8H2,1H3. The molecule has 0 amide bonds. The maximum atomic E-state index is 4.22. The van der Waals surface area contributed by atoms with Gasteiger partial charge in [-0.3, -0.25) is 0 Å². The third-order valence-electron chi connectivity index (χ3n) is 1.59. The predicted octanol–water partition coefficient (Wildman–Crippen LogP) is 1.90. The summed E-state index contributed by atoms with van der Waals surface area (Å²) in [5.41, 5.74) is 0. The van der Waals surface area contributed by atoms with Gasteiger partial charge in [0.15, 0.2) is 0 Å². The van der Waals surface area contributed by atoms with Crippen molar-refractivity contribution in [3.8, 4) is 0 Å². The maximum Gasteiger partial charge on any atom is 0.00730 e. The second kappa shape index (κ2) is 10.1. The van der Waals surface area contributed by atoms with Crippen LogP contribution in [0.1, 0.15) is 6.92 Å². The van der Waals surface area contributed by atoms with E-state index in [4.69, 9.17) is 0 Å². The Morgan fingerprint density at radius 1 is 1.08 bits per heavy atom. The van der Waals surface area contributed by atoms with Crippen molar-refractivity contribution in [1.82, 2.24) is 4.90 Å². The van der Waals surface area contributed by atoms with Gasteiger partial charge in [-0.15, -0.1) is 0 Å². The zero-order valence-corrected chi connectivity index (χ0v) is 10.3. The van der Waals surface area contributed by atoms with Crippen LogP contribution in [0.4, 0.5) is 0 Å². The minimum Gasteiger partial charge on any atom is -0.301 e. The lowest BCUT2D eigenvalue weighted by Crippen LogP contribution is -2.30. The number of thiol groups is 2. The van der Waals surface area contributed by atoms with Crippen LogP contribution in [-0.4, -0.2) is 47.5 Å². The fraction of sp³-hybridized carbons (Fsp3) is 1.00. The highest BCUT2D eigenvalue weighted by molar-refractivity contribution is 7.99. The second-order valence-electron chi connectivity index (χ2n) is 2.49. The zero-order chi connectivity index (χ0) is 9.23. The Morgan fingerprint density at radius 2 is 1.67 bits per heavy atom. The van der Waals surface area contributed by atoms with Crippen molar-refractivity contribution in [3.63, 3.8) is 0 Å². The molecule has 0 aromatic carbocycles. The molecule has 0 aliphatic rings. The molecule has 1 nitrogen and oxygen atoms in total. The number of hydrogen-bond acceptors (Lipinski definition) is 4. The lowest BCUT2D eigenvalue weighted by molar-refractivity contribution is 0.330. The van der Waals surface area contributed by atoms with Crippen LogP contribution in [0, 0.1) is 0 Å². The van der Waals surface area contributed by atoms with Crippen LogP contribution in [0.15, 0.2) is 0 Å². The summed E-state index contributed by atoms with van der Waals surface area (Å²) in [6, 6.07) is 0. The summed E-state index contributed by atoms with van der Waals surface area (Å²) in [6.45, 7) is 5.56. The highest BCUT2D eigenvalue weighted by Crippen LogP contribution is 2.00. The summed E-state index contributed by atoms with van der Waals surface area (Å²) in [5.74, 6) is 4.35. The molecule has 0 saturated heterocycles. The lowest BCUT2D eigenvalue weighted by atomic mass is 10.5. The van der Waals surface area contributed by atoms with Crippen LogP contribution in [0.3, 0.4) is 0 Å². The normalized spacial score (nSPS) is 11.0. The van der Waals surface area contributed by atoms with E-state index in [9.17, 15) is 0 Å². The topological polar surface area (TPSA) is 3.24 Å². The first-order valence-electron chi connectivity index (χ1n) is 4.37. The van der Waals surface area contributed by atoms with Gasteiger partial charge in [0.25, 0.3) is 0 Å². The van der Waals surface area contributed by atoms with Crippen molar-refractivity contribution >= 4 is 37.0 Å². The Morgan fingerprint density at radius 3 is 2.08 bits per heavy atom. The Bertz CT molecular complexity index is 84.4. The Labute approximate surface area is 91.5 Å². The average molecular weight is 225 g/mol. The summed E-state index contributed by atoms with van der Waals surface area (Å²) in [6.07, 6.45) is 0. The van der Waals surface area contributed by atoms with Crippen LogP contribution in [0.25, 0.3) is 0 Å². The third-order valence-corrected chi connectivity index (χ3v) is 2.87. The van der Waals surface area contributed by atoms with Gasteiger partial charge in [-0.2, -0.15) is 37.0 Å². The van der Waals surface area contributed by atoms with Gasteiger partial charge < -0.3 is 4.90 Å². The summed E-state index contributed by atoms with van der Waals surface area (Å²) >= 11 is 10.4. The van der Waals surface area contributed by atoms with E-state index in [0.717, 1.165) is 24.6 Å². The summed E-state index contributed by atoms with van der Waals surface area (Å²) in [4.78, 5) is 2.42. The molecule has 0 saturated carbocycles. The van der Waals surface area contributed by atoms with Crippen molar-refractivity contribution in [2.45, 2.75) is 6.92 Å². The molecule has 0 aromatic heterocycles. The average Bonchev–Trinajstić information content (AvgIpc) is 2.06. The van der Waals surface area contributed by atoms with Gasteiger partial charge in [-0.05, 0) is 5.75 Å². The molecule has 0 fully saturated rings. The van der Waals surface area contributed by atoms with Crippen LogP contribution < -0.4 is 0 Å². The van der Waals surface area contributed by atoms with E-state index in [-0.39, 0.29) is 0 Å². The van der Waals surface area contributed by atoms with Gasteiger partial charge in [0.05, 0.1) is 0 Å². The molecule has 0 atom stereocenters. The Balaban J connectivity index is 3.34. The SMILES string of the molecule is CCSCCN(CCS)CCS. The molecule has 0 aliphatic heterocycles. The van der Waals surface area contributed by atoms with E-state index in [1.165, 1.54) is 18.1 Å². The summed E-state index contributed by atoms with van der Waals surface area (Å²) in [7, 11) is 0. The summed E-state index contributed by atoms with van der Waals surface area (Å²) in [5, 5.41) is 0. The van der Waals surface area contributed by atoms with Crippen LogP contribution >= 0.6 is 37.0 Å². The first-order valence-corrected chi connectivity index (χ1v) is 6.79. The molecule has 0 bridgehead atoms. The number of hydrogen-bond donors (Lipinski definition) is 2. The van der Waals surface area contributed by atoms with E-state index in [1.807, 2.05) is 11.8 Å². The monoisotopic (exact) mass is 225 g/mol. The molecule has 0 spiro atoms. The van der Waals surface area contributed by atoms with E-state index in [0.29, 0.717) is 0 Å². The Kier molecular flexibility index (Phi) is 10.9. The van der Waals surface area contributed by atoms with Gasteiger partial charge in [0, 0.05) is 36.9 Å². The van der Waals surface area contributed by atoms with E-state index < -0.39 is 0 Å². The van der Waals surface area contributed by atoms with Gasteiger partial charge in [0.1, 0.15) is 0 Å². The number of rotatable bonds is 8. The number of thioether (sulfide) groups is 1. The molecule has 0 heterocycles. The van der Waals surface area contributed by atoms with E-state index >= 15 is 0 Å². The lowest BCUT2D eigenvalue weighted by Gasteiger charge is -2.19. The molecule has 0 N–H and O–H groups in total. The molecule has 0 radical (unpaired) electrons. The van der Waals surface area contributed by atoms with E-state index in [1.54, 1.807) is 0 Å². The molecule has 74 valence electrons. The molecule has 4 heteroatoms. The number of nitrogens with zero attached hydrogens (tertiary/aromatic N) is 1. The zero-order valence-electron chi connectivity index (χ0n) is 7.70. The van der Waals surface area contributed by atoms with Crippen molar-refractivity contribution in [2.24, 2.45) is 0 Å². The second-order valence-corrected chi connectivity index (χ2v) is 4.77. The molecular weight excluding hydrogens is 206 g/mol. The van der Waals surface area contributed by atoms with E-state index in [2.05, 4.69) is 37.1 Å². The molecule has 12 heavy (non-hydrogen) atoms. The maximum absolute atomic E-state index is 4.22. The Hall–Kier alpha value is 1.01. The smallest absolute Gasteiger partial charge is 0.00730 e. The first kappa shape index (κ1) is 13.0. The highest BCUT2D eigenvalue weighted by Gasteiger charge is 2.01. The molecule has 0 aliphatic carbocycles. The van der Waals surface area contributed by atoms with Gasteiger partial charge >= 0.3 is 0 Å². The van der Waals surface area contributed by atoms with Gasteiger partial charge in [-0.1, -0.05) is 6.92 Å². The van der Waals surface area contributed by atoms with Crippen molar-refractivity contribution < 1.29 is 0 Å². The fourth-order valence-electron chi connectivity index (χ4n) is 0.956. The third kappa shape index (κ3) is 7.65. The fourth-order valence-corrected chi connectivity index (χ4v) is 2.20. The first-order chi connectivity index (χ1) is 5.85. The quantitative estimate of drug-likeness (QED) is 0.480. The molecular formula is C8H19NS3. The van der Waals surface area contributed by atoms with Crippen LogP contribution in [-0.2, 0) is 0 Å². The van der Waals surface area contributed by atoms with Gasteiger partial charge in [-0.25, -0.2) is 0 Å². The molecule has 0 unspecified atom stereocenters. The van der Waals surface area contributed by atoms with Crippen LogP contribution in [0.5, 0.6) is 0 Å².